The Kier molecular flexibility index (Phi) is 1.93. The van der Waals surface area contributed by atoms with E-state index in [2.05, 4.69) is 30.6 Å². The topological polar surface area (TPSA) is 93.4 Å². The van der Waals surface area contributed by atoms with E-state index in [1.54, 1.807) is 12.3 Å². The lowest BCUT2D eigenvalue weighted by Crippen LogP contribution is -1.80. The number of nitrogens with one attached hydrogen (secondary N) is 1. The molecule has 0 radical (unpaired) electrons. The lowest BCUT2D eigenvalue weighted by Gasteiger charge is -1.90. The molecule has 7 nitrogen and oxygen atoms in total. The summed E-state index contributed by atoms with van der Waals surface area (Å²) >= 11 is 0. The quantitative estimate of drug-likeness (QED) is 0.681. The van der Waals surface area contributed by atoms with Gasteiger partial charge in [0.2, 0.25) is 0 Å². The van der Waals surface area contributed by atoms with Crippen molar-refractivity contribution in [1.82, 2.24) is 30.6 Å². The summed E-state index contributed by atoms with van der Waals surface area (Å²) in [7, 11) is 0. The highest BCUT2D eigenvalue weighted by Crippen LogP contribution is 2.19. The van der Waals surface area contributed by atoms with E-state index in [1.165, 1.54) is 6.20 Å². The van der Waals surface area contributed by atoms with E-state index in [4.69, 9.17) is 4.42 Å². The van der Waals surface area contributed by atoms with Crippen molar-refractivity contribution in [3.63, 3.8) is 0 Å². The molecule has 7 heteroatoms. The van der Waals surface area contributed by atoms with Gasteiger partial charge in [0.1, 0.15) is 5.69 Å². The van der Waals surface area contributed by atoms with Crippen LogP contribution in [0.25, 0.3) is 23.2 Å². The van der Waals surface area contributed by atoms with Crippen molar-refractivity contribution in [3.05, 3.63) is 30.6 Å². The lowest BCUT2D eigenvalue weighted by molar-refractivity contribution is 0.579. The van der Waals surface area contributed by atoms with Crippen molar-refractivity contribution >= 4 is 0 Å². The van der Waals surface area contributed by atoms with Crippen molar-refractivity contribution in [2.45, 2.75) is 0 Å². The standard InChI is InChI=1S/C9H6N6O/c1-2-4-10-6(3-1)8-13-14-9(16-8)7-5-11-15-12-7/h1-5H,(H,11,12,15). The van der Waals surface area contributed by atoms with Crippen molar-refractivity contribution < 1.29 is 4.42 Å². The van der Waals surface area contributed by atoms with E-state index in [0.717, 1.165) is 0 Å². The molecular weight excluding hydrogens is 208 g/mol. The molecule has 0 spiro atoms. The van der Waals surface area contributed by atoms with Gasteiger partial charge in [-0.15, -0.1) is 10.2 Å². The molecule has 0 saturated carbocycles. The van der Waals surface area contributed by atoms with Crippen LogP contribution in [0.2, 0.25) is 0 Å². The number of hydrogen-bond donors (Lipinski definition) is 1. The van der Waals surface area contributed by atoms with Gasteiger partial charge in [0.25, 0.3) is 11.8 Å². The molecule has 1 N–H and O–H groups in total. The molecule has 0 aliphatic heterocycles. The summed E-state index contributed by atoms with van der Waals surface area (Å²) in [4.78, 5) is 4.10. The van der Waals surface area contributed by atoms with Gasteiger partial charge in [0.05, 0.1) is 6.20 Å². The van der Waals surface area contributed by atoms with E-state index in [1.807, 2.05) is 12.1 Å². The van der Waals surface area contributed by atoms with Crippen LogP contribution in [0.4, 0.5) is 0 Å². The molecule has 0 aromatic carbocycles. The van der Waals surface area contributed by atoms with E-state index < -0.39 is 0 Å². The third kappa shape index (κ3) is 1.44. The van der Waals surface area contributed by atoms with Crippen LogP contribution in [0.5, 0.6) is 0 Å². The third-order valence-corrected chi connectivity index (χ3v) is 1.94. The van der Waals surface area contributed by atoms with Gasteiger partial charge in [-0.2, -0.15) is 15.4 Å². The Labute approximate surface area is 89.6 Å². The number of aromatic amines is 1. The van der Waals surface area contributed by atoms with Crippen LogP contribution in [0.1, 0.15) is 0 Å². The summed E-state index contributed by atoms with van der Waals surface area (Å²) < 4.78 is 5.41. The Bertz CT molecular complexity index is 573. The van der Waals surface area contributed by atoms with Gasteiger partial charge in [-0.05, 0) is 12.1 Å². The minimum atomic E-state index is 0.314. The van der Waals surface area contributed by atoms with Gasteiger partial charge in [-0.1, -0.05) is 6.07 Å². The second-order valence-corrected chi connectivity index (χ2v) is 2.98. The SMILES string of the molecule is c1ccc(-c2nnc(-c3cn[nH]n3)o2)nc1. The van der Waals surface area contributed by atoms with Gasteiger partial charge in [0, 0.05) is 6.20 Å². The van der Waals surface area contributed by atoms with Crippen LogP contribution in [0, 0.1) is 0 Å². The number of aromatic nitrogens is 6. The van der Waals surface area contributed by atoms with Crippen LogP contribution >= 0.6 is 0 Å². The predicted molar refractivity (Wildman–Crippen MR) is 52.9 cm³/mol. The Morgan fingerprint density at radius 1 is 1.06 bits per heavy atom. The van der Waals surface area contributed by atoms with E-state index >= 15 is 0 Å². The van der Waals surface area contributed by atoms with Crippen LogP contribution in [-0.4, -0.2) is 30.6 Å². The summed E-state index contributed by atoms with van der Waals surface area (Å²) in [5, 5.41) is 17.7. The molecular formula is C9H6N6O. The van der Waals surface area contributed by atoms with Crippen molar-refractivity contribution in [2.75, 3.05) is 0 Å². The highest BCUT2D eigenvalue weighted by molar-refractivity contribution is 5.50. The van der Waals surface area contributed by atoms with Gasteiger partial charge in [-0.3, -0.25) is 4.98 Å². The molecule has 0 saturated heterocycles. The molecule has 78 valence electrons. The third-order valence-electron chi connectivity index (χ3n) is 1.94. The second-order valence-electron chi connectivity index (χ2n) is 2.98. The summed E-state index contributed by atoms with van der Waals surface area (Å²) in [6.07, 6.45) is 3.17. The van der Waals surface area contributed by atoms with Crippen LogP contribution in [-0.2, 0) is 0 Å². The first kappa shape index (κ1) is 8.72. The number of nitrogens with zero attached hydrogens (tertiary/aromatic N) is 5. The molecule has 3 heterocycles. The maximum absolute atomic E-state index is 5.41. The normalized spacial score (nSPS) is 10.5. The predicted octanol–water partition coefficient (Wildman–Crippen LogP) is 0.917. The molecule has 16 heavy (non-hydrogen) atoms. The maximum Gasteiger partial charge on any atom is 0.270 e. The summed E-state index contributed by atoms with van der Waals surface area (Å²) in [5.41, 5.74) is 1.14. The van der Waals surface area contributed by atoms with Gasteiger partial charge in [0.15, 0.2) is 5.69 Å². The number of rotatable bonds is 2. The van der Waals surface area contributed by atoms with Gasteiger partial charge in [-0.25, -0.2) is 0 Å². The molecule has 3 aromatic heterocycles. The molecule has 3 rings (SSSR count). The second kappa shape index (κ2) is 3.54. The largest absolute Gasteiger partial charge is 0.413 e. The van der Waals surface area contributed by atoms with E-state index in [9.17, 15) is 0 Å². The molecule has 0 atom stereocenters. The van der Waals surface area contributed by atoms with Crippen molar-refractivity contribution in [3.8, 4) is 23.2 Å². The van der Waals surface area contributed by atoms with E-state index in [0.29, 0.717) is 23.2 Å². The van der Waals surface area contributed by atoms with E-state index in [-0.39, 0.29) is 0 Å². The monoisotopic (exact) mass is 214 g/mol. The summed E-state index contributed by atoms with van der Waals surface area (Å²) in [6.45, 7) is 0. The average Bonchev–Trinajstić information content (AvgIpc) is 3.01. The van der Waals surface area contributed by atoms with Crippen molar-refractivity contribution in [2.24, 2.45) is 0 Å². The average molecular weight is 214 g/mol. The lowest BCUT2D eigenvalue weighted by atomic mass is 10.3. The number of pyridine rings is 1. The Morgan fingerprint density at radius 2 is 1.94 bits per heavy atom. The minimum Gasteiger partial charge on any atom is -0.413 e. The van der Waals surface area contributed by atoms with Crippen LogP contribution in [0.15, 0.2) is 35.0 Å². The highest BCUT2D eigenvalue weighted by atomic mass is 16.4. The van der Waals surface area contributed by atoms with Crippen molar-refractivity contribution in [1.29, 1.82) is 0 Å². The first-order valence-electron chi connectivity index (χ1n) is 4.54. The molecule has 0 fully saturated rings. The first-order chi connectivity index (χ1) is 7.93. The zero-order valence-electron chi connectivity index (χ0n) is 8.03. The van der Waals surface area contributed by atoms with Crippen LogP contribution in [0.3, 0.4) is 0 Å². The molecule has 0 unspecified atom stereocenters. The minimum absolute atomic E-state index is 0.314. The summed E-state index contributed by atoms with van der Waals surface area (Å²) in [6, 6.07) is 5.46. The maximum atomic E-state index is 5.41. The van der Waals surface area contributed by atoms with Gasteiger partial charge < -0.3 is 4.42 Å². The molecule has 0 amide bonds. The Hall–Kier alpha value is -2.57. The fourth-order valence-electron chi connectivity index (χ4n) is 1.22. The fraction of sp³-hybridized carbons (Fsp3) is 0. The molecule has 0 aliphatic rings. The summed E-state index contributed by atoms with van der Waals surface area (Å²) in [5.74, 6) is 0.674. The molecule has 3 aromatic rings. The Morgan fingerprint density at radius 3 is 2.62 bits per heavy atom. The molecule has 0 bridgehead atoms. The fourth-order valence-corrected chi connectivity index (χ4v) is 1.22. The number of H-pyrrole nitrogens is 1. The smallest absolute Gasteiger partial charge is 0.270 e. The first-order valence-corrected chi connectivity index (χ1v) is 4.54. The number of hydrogen-bond acceptors (Lipinski definition) is 6. The Balaban J connectivity index is 2.00. The zero-order chi connectivity index (χ0) is 10.8. The van der Waals surface area contributed by atoms with Crippen LogP contribution < -0.4 is 0 Å². The van der Waals surface area contributed by atoms with Gasteiger partial charge >= 0.3 is 0 Å². The highest BCUT2D eigenvalue weighted by Gasteiger charge is 2.12. The molecule has 0 aliphatic carbocycles. The zero-order valence-corrected chi connectivity index (χ0v) is 8.03.